The minimum Gasteiger partial charge on any atom is -0.351 e. The number of carbonyl (C=O) groups excluding carboxylic acids is 1. The summed E-state index contributed by atoms with van der Waals surface area (Å²) in [6, 6.07) is 21.1. The van der Waals surface area contributed by atoms with Gasteiger partial charge in [-0.25, -0.2) is 0 Å². The van der Waals surface area contributed by atoms with Crippen molar-refractivity contribution in [2.75, 3.05) is 4.90 Å². The normalized spacial score (nSPS) is 22.5. The lowest BCUT2D eigenvalue weighted by Crippen LogP contribution is -2.44. The SMILES string of the molecule is Cc1ccc(C(=O)[C@@H]2[C@@H](c3cccs3)C(C#N)(C#N)[C@@H]3C=Cc4ccccc4N23)c(C)c1. The van der Waals surface area contributed by atoms with Crippen LogP contribution < -0.4 is 4.90 Å². The molecule has 5 rings (SSSR count). The molecule has 0 radical (unpaired) electrons. The Hall–Kier alpha value is -3.67. The number of para-hydroxylation sites is 1. The van der Waals surface area contributed by atoms with Crippen LogP contribution in [0.3, 0.4) is 0 Å². The van der Waals surface area contributed by atoms with Gasteiger partial charge in [-0.15, -0.1) is 11.3 Å². The number of anilines is 1. The van der Waals surface area contributed by atoms with Crippen molar-refractivity contribution in [3.05, 3.63) is 93.2 Å². The van der Waals surface area contributed by atoms with E-state index in [1.54, 1.807) is 0 Å². The van der Waals surface area contributed by atoms with Crippen LogP contribution in [0.1, 0.15) is 37.8 Å². The van der Waals surface area contributed by atoms with Gasteiger partial charge < -0.3 is 4.90 Å². The van der Waals surface area contributed by atoms with E-state index in [0.29, 0.717) is 5.56 Å². The number of nitriles is 2. The Morgan fingerprint density at radius 2 is 1.84 bits per heavy atom. The van der Waals surface area contributed by atoms with Crippen LogP contribution in [0.15, 0.2) is 66.1 Å². The van der Waals surface area contributed by atoms with Crippen LogP contribution in [0.4, 0.5) is 5.69 Å². The van der Waals surface area contributed by atoms with Crippen molar-refractivity contribution >= 4 is 28.9 Å². The van der Waals surface area contributed by atoms with E-state index in [4.69, 9.17) is 0 Å². The lowest BCUT2D eigenvalue weighted by atomic mass is 9.71. The zero-order chi connectivity index (χ0) is 22.5. The van der Waals surface area contributed by atoms with Crippen LogP contribution in [0, 0.1) is 41.9 Å². The summed E-state index contributed by atoms with van der Waals surface area (Å²) in [5, 5.41) is 22.7. The maximum absolute atomic E-state index is 14.2. The van der Waals surface area contributed by atoms with Gasteiger partial charge in [0.1, 0.15) is 6.04 Å². The van der Waals surface area contributed by atoms with Crippen molar-refractivity contribution in [1.29, 1.82) is 10.5 Å². The van der Waals surface area contributed by atoms with Gasteiger partial charge in [0.2, 0.25) is 0 Å². The third kappa shape index (κ3) is 2.75. The average molecular weight is 436 g/mol. The van der Waals surface area contributed by atoms with E-state index < -0.39 is 23.4 Å². The Morgan fingerprint density at radius 1 is 1.06 bits per heavy atom. The number of carbonyl (C=O) groups is 1. The average Bonchev–Trinajstić information content (AvgIpc) is 3.43. The third-order valence-electron chi connectivity index (χ3n) is 6.68. The predicted molar refractivity (Wildman–Crippen MR) is 126 cm³/mol. The van der Waals surface area contributed by atoms with Crippen LogP contribution in [-0.2, 0) is 0 Å². The number of nitrogens with zero attached hydrogens (tertiary/aromatic N) is 3. The quantitative estimate of drug-likeness (QED) is 0.499. The zero-order valence-corrected chi connectivity index (χ0v) is 18.6. The van der Waals surface area contributed by atoms with Crippen LogP contribution in [-0.4, -0.2) is 17.9 Å². The second kappa shape index (κ2) is 7.48. The molecule has 0 bridgehead atoms. The Bertz CT molecular complexity index is 1310. The molecule has 5 heteroatoms. The van der Waals surface area contributed by atoms with Crippen molar-refractivity contribution < 1.29 is 4.79 Å². The molecule has 0 unspecified atom stereocenters. The molecule has 2 aliphatic heterocycles. The lowest BCUT2D eigenvalue weighted by Gasteiger charge is -2.35. The van der Waals surface area contributed by atoms with Gasteiger partial charge in [-0.2, -0.15) is 10.5 Å². The van der Waals surface area contributed by atoms with Gasteiger partial charge in [0.05, 0.1) is 24.1 Å². The maximum atomic E-state index is 14.2. The summed E-state index contributed by atoms with van der Waals surface area (Å²) in [5.41, 5.74) is 3.13. The molecular weight excluding hydrogens is 414 g/mol. The molecule has 3 heterocycles. The number of aryl methyl sites for hydroxylation is 2. The van der Waals surface area contributed by atoms with Gasteiger partial charge in [0.25, 0.3) is 0 Å². The van der Waals surface area contributed by atoms with Gasteiger partial charge in [-0.1, -0.05) is 60.2 Å². The van der Waals surface area contributed by atoms with Gasteiger partial charge in [0.15, 0.2) is 11.2 Å². The molecule has 1 aromatic heterocycles. The Labute approximate surface area is 191 Å². The molecule has 0 spiro atoms. The van der Waals surface area contributed by atoms with Crippen molar-refractivity contribution in [3.63, 3.8) is 0 Å². The Balaban J connectivity index is 1.78. The fraction of sp³-hybridized carbons (Fsp3) is 0.222. The van der Waals surface area contributed by atoms with E-state index in [9.17, 15) is 15.3 Å². The highest BCUT2D eigenvalue weighted by atomic mass is 32.1. The van der Waals surface area contributed by atoms with Gasteiger partial charge in [-0.3, -0.25) is 4.79 Å². The highest BCUT2D eigenvalue weighted by Gasteiger charge is 2.63. The first-order valence-corrected chi connectivity index (χ1v) is 11.4. The van der Waals surface area contributed by atoms with Crippen molar-refractivity contribution in [2.45, 2.75) is 31.8 Å². The maximum Gasteiger partial charge on any atom is 0.186 e. The summed E-state index contributed by atoms with van der Waals surface area (Å²) in [7, 11) is 0. The molecule has 3 atom stereocenters. The molecule has 0 N–H and O–H groups in total. The largest absolute Gasteiger partial charge is 0.351 e. The summed E-state index contributed by atoms with van der Waals surface area (Å²) >= 11 is 1.50. The number of benzene rings is 2. The molecule has 32 heavy (non-hydrogen) atoms. The van der Waals surface area contributed by atoms with E-state index in [2.05, 4.69) is 12.1 Å². The highest BCUT2D eigenvalue weighted by molar-refractivity contribution is 7.10. The van der Waals surface area contributed by atoms with Gasteiger partial charge >= 0.3 is 0 Å². The van der Waals surface area contributed by atoms with Gasteiger partial charge in [0, 0.05) is 16.1 Å². The molecule has 0 aliphatic carbocycles. The van der Waals surface area contributed by atoms with E-state index in [1.807, 2.05) is 90.9 Å². The Morgan fingerprint density at radius 3 is 2.53 bits per heavy atom. The van der Waals surface area contributed by atoms with Crippen LogP contribution in [0.2, 0.25) is 0 Å². The van der Waals surface area contributed by atoms with Gasteiger partial charge in [-0.05, 0) is 42.5 Å². The summed E-state index contributed by atoms with van der Waals surface area (Å²) in [6.45, 7) is 3.95. The Kier molecular flexibility index (Phi) is 4.73. The monoisotopic (exact) mass is 435 g/mol. The summed E-state index contributed by atoms with van der Waals surface area (Å²) < 4.78 is 0. The minimum atomic E-state index is -1.38. The second-order valence-corrected chi connectivity index (χ2v) is 9.46. The summed E-state index contributed by atoms with van der Waals surface area (Å²) in [6.07, 6.45) is 3.89. The molecule has 3 aromatic rings. The smallest absolute Gasteiger partial charge is 0.186 e. The summed E-state index contributed by atoms with van der Waals surface area (Å²) in [4.78, 5) is 17.1. The topological polar surface area (TPSA) is 67.9 Å². The van der Waals surface area contributed by atoms with E-state index in [0.717, 1.165) is 27.3 Å². The fourth-order valence-electron chi connectivity index (χ4n) is 5.26. The second-order valence-electron chi connectivity index (χ2n) is 8.48. The first kappa shape index (κ1) is 20.2. The van der Waals surface area contributed by atoms with Crippen molar-refractivity contribution in [2.24, 2.45) is 5.41 Å². The van der Waals surface area contributed by atoms with E-state index in [-0.39, 0.29) is 5.78 Å². The number of thiophene rings is 1. The molecule has 156 valence electrons. The molecule has 0 saturated carbocycles. The highest BCUT2D eigenvalue weighted by Crippen LogP contribution is 2.56. The number of Topliss-reactive ketones (excluding diaryl/α,β-unsaturated/α-hetero) is 1. The van der Waals surface area contributed by atoms with Crippen molar-refractivity contribution in [3.8, 4) is 12.1 Å². The van der Waals surface area contributed by atoms with Crippen LogP contribution >= 0.6 is 11.3 Å². The predicted octanol–water partition coefficient (Wildman–Crippen LogP) is 5.65. The van der Waals surface area contributed by atoms with Crippen LogP contribution in [0.25, 0.3) is 6.08 Å². The first-order chi connectivity index (χ1) is 15.5. The first-order valence-electron chi connectivity index (χ1n) is 10.5. The molecule has 4 nitrogen and oxygen atoms in total. The molecule has 1 saturated heterocycles. The van der Waals surface area contributed by atoms with E-state index >= 15 is 0 Å². The molecule has 0 amide bonds. The van der Waals surface area contributed by atoms with Crippen molar-refractivity contribution in [1.82, 2.24) is 0 Å². The van der Waals surface area contributed by atoms with E-state index in [1.165, 1.54) is 11.3 Å². The van der Waals surface area contributed by atoms with Crippen LogP contribution in [0.5, 0.6) is 0 Å². The minimum absolute atomic E-state index is 0.0524. The zero-order valence-electron chi connectivity index (χ0n) is 17.8. The molecule has 1 fully saturated rings. The number of fused-ring (bicyclic) bond motifs is 3. The fourth-order valence-corrected chi connectivity index (χ4v) is 6.19. The summed E-state index contributed by atoms with van der Waals surface area (Å²) in [5.74, 6) is -0.616. The standard InChI is InChI=1S/C27H21N3OS/c1-17-9-11-20(18(2)14-17)26(31)25-24(22-8-5-13-32-22)27(15-28,16-29)23-12-10-19-6-3-4-7-21(19)30(23)25/h3-14,23-25H,1-2H3/t23-,24+,25-/m0/s1. The number of ketones is 1. The molecule has 2 aliphatic rings. The molecule has 2 aromatic carbocycles. The molecular formula is C27H21N3OS. The lowest BCUT2D eigenvalue weighted by molar-refractivity contribution is 0.0951. The number of hydrogen-bond donors (Lipinski definition) is 0. The number of rotatable bonds is 3. The third-order valence-corrected chi connectivity index (χ3v) is 7.64. The number of hydrogen-bond acceptors (Lipinski definition) is 5.